The Morgan fingerprint density at radius 1 is 1.28 bits per heavy atom. The molecule has 0 saturated carbocycles. The molecule has 2 aliphatic heterocycles. The molecule has 0 aromatic rings. The van der Waals surface area contributed by atoms with E-state index in [-0.39, 0.29) is 23.2 Å². The SMILES string of the molecule is CC1(C)COC(C)(CC2CCCCS2(=O)=O)N1.Cl. The average Bonchev–Trinajstić information content (AvgIpc) is 2.45. The van der Waals surface area contributed by atoms with Gasteiger partial charge >= 0.3 is 0 Å². The Hall–Kier alpha value is 0.160. The number of ether oxygens (including phenoxy) is 1. The summed E-state index contributed by atoms with van der Waals surface area (Å²) in [4.78, 5) is 0. The first kappa shape index (κ1) is 16.2. The normalized spacial score (nSPS) is 38.1. The molecular formula is C12H24ClNO3S. The molecule has 2 atom stereocenters. The van der Waals surface area contributed by atoms with E-state index in [4.69, 9.17) is 4.74 Å². The molecule has 108 valence electrons. The van der Waals surface area contributed by atoms with Crippen molar-refractivity contribution < 1.29 is 13.2 Å². The first-order valence-electron chi connectivity index (χ1n) is 6.37. The van der Waals surface area contributed by atoms with Crippen LogP contribution in [0.25, 0.3) is 0 Å². The van der Waals surface area contributed by atoms with Crippen molar-refractivity contribution in [2.45, 2.75) is 63.0 Å². The van der Waals surface area contributed by atoms with Crippen LogP contribution in [0.4, 0.5) is 0 Å². The lowest BCUT2D eigenvalue weighted by Gasteiger charge is -2.32. The molecule has 2 heterocycles. The monoisotopic (exact) mass is 297 g/mol. The fourth-order valence-corrected chi connectivity index (χ4v) is 4.96. The van der Waals surface area contributed by atoms with E-state index >= 15 is 0 Å². The number of hydrogen-bond donors (Lipinski definition) is 1. The van der Waals surface area contributed by atoms with Crippen molar-refractivity contribution in [3.63, 3.8) is 0 Å². The number of halogens is 1. The first-order valence-corrected chi connectivity index (χ1v) is 8.09. The van der Waals surface area contributed by atoms with Gasteiger partial charge in [-0.1, -0.05) is 6.42 Å². The second-order valence-electron chi connectivity index (χ2n) is 6.22. The summed E-state index contributed by atoms with van der Waals surface area (Å²) in [6, 6.07) is 0. The smallest absolute Gasteiger partial charge is 0.153 e. The molecule has 0 spiro atoms. The fourth-order valence-electron chi connectivity index (χ4n) is 2.92. The van der Waals surface area contributed by atoms with Crippen molar-refractivity contribution in [2.75, 3.05) is 12.4 Å². The van der Waals surface area contributed by atoms with E-state index in [0.717, 1.165) is 19.3 Å². The van der Waals surface area contributed by atoms with Gasteiger partial charge in [0.1, 0.15) is 5.72 Å². The molecule has 0 aromatic heterocycles. The van der Waals surface area contributed by atoms with Crippen molar-refractivity contribution in [2.24, 2.45) is 0 Å². The lowest BCUT2D eigenvalue weighted by molar-refractivity contribution is -0.00217. The van der Waals surface area contributed by atoms with Crippen LogP contribution in [0.3, 0.4) is 0 Å². The van der Waals surface area contributed by atoms with E-state index in [1.165, 1.54) is 0 Å². The van der Waals surface area contributed by atoms with Gasteiger partial charge in [0.15, 0.2) is 9.84 Å². The third kappa shape index (κ3) is 3.59. The molecule has 1 N–H and O–H groups in total. The van der Waals surface area contributed by atoms with Crippen molar-refractivity contribution in [3.8, 4) is 0 Å². The molecule has 0 bridgehead atoms. The molecule has 18 heavy (non-hydrogen) atoms. The van der Waals surface area contributed by atoms with Gasteiger partial charge < -0.3 is 4.74 Å². The lowest BCUT2D eigenvalue weighted by atomic mass is 10.0. The summed E-state index contributed by atoms with van der Waals surface area (Å²) >= 11 is 0. The Morgan fingerprint density at radius 2 is 1.94 bits per heavy atom. The molecule has 2 saturated heterocycles. The highest BCUT2D eigenvalue weighted by molar-refractivity contribution is 7.92. The minimum Gasteiger partial charge on any atom is -0.359 e. The van der Waals surface area contributed by atoms with Gasteiger partial charge in [-0.3, -0.25) is 5.32 Å². The molecule has 0 aromatic carbocycles. The van der Waals surface area contributed by atoms with E-state index in [1.54, 1.807) is 0 Å². The predicted octanol–water partition coefficient (Wildman–Crippen LogP) is 1.88. The Morgan fingerprint density at radius 3 is 2.44 bits per heavy atom. The van der Waals surface area contributed by atoms with Crippen molar-refractivity contribution in [1.82, 2.24) is 5.32 Å². The summed E-state index contributed by atoms with van der Waals surface area (Å²) in [6.45, 7) is 6.75. The van der Waals surface area contributed by atoms with Crippen LogP contribution >= 0.6 is 12.4 Å². The maximum absolute atomic E-state index is 12.0. The second-order valence-corrected chi connectivity index (χ2v) is 8.62. The average molecular weight is 298 g/mol. The topological polar surface area (TPSA) is 55.4 Å². The highest BCUT2D eigenvalue weighted by Crippen LogP contribution is 2.32. The van der Waals surface area contributed by atoms with Crippen LogP contribution in [-0.4, -0.2) is 37.3 Å². The molecule has 0 radical (unpaired) electrons. The third-order valence-electron chi connectivity index (χ3n) is 3.68. The summed E-state index contributed by atoms with van der Waals surface area (Å²) < 4.78 is 29.8. The van der Waals surface area contributed by atoms with Crippen LogP contribution in [0.2, 0.25) is 0 Å². The van der Waals surface area contributed by atoms with E-state index in [1.807, 2.05) is 6.92 Å². The van der Waals surface area contributed by atoms with Crippen LogP contribution in [0.1, 0.15) is 46.5 Å². The van der Waals surface area contributed by atoms with Gasteiger partial charge in [0.05, 0.1) is 17.6 Å². The summed E-state index contributed by atoms with van der Waals surface area (Å²) in [7, 11) is -2.91. The molecule has 2 fully saturated rings. The molecule has 2 aliphatic rings. The van der Waals surface area contributed by atoms with Crippen LogP contribution in [-0.2, 0) is 14.6 Å². The summed E-state index contributed by atoms with van der Waals surface area (Å²) in [5.41, 5.74) is -0.550. The van der Waals surface area contributed by atoms with Crippen molar-refractivity contribution >= 4 is 22.2 Å². The number of nitrogens with one attached hydrogen (secondary N) is 1. The Balaban J connectivity index is 0.00000162. The Bertz CT molecular complexity index is 396. The first-order chi connectivity index (χ1) is 7.73. The number of sulfone groups is 1. The minimum absolute atomic E-state index is 0. The van der Waals surface area contributed by atoms with Gasteiger partial charge in [-0.2, -0.15) is 0 Å². The third-order valence-corrected chi connectivity index (χ3v) is 5.96. The van der Waals surface area contributed by atoms with E-state index < -0.39 is 15.6 Å². The number of rotatable bonds is 2. The summed E-state index contributed by atoms with van der Waals surface area (Å²) in [6.07, 6.45) is 3.18. The quantitative estimate of drug-likeness (QED) is 0.845. The Labute approximate surface area is 116 Å². The highest BCUT2D eigenvalue weighted by atomic mass is 35.5. The highest BCUT2D eigenvalue weighted by Gasteiger charge is 2.44. The standard InChI is InChI=1S/C12H23NO3S.ClH/c1-11(2)9-16-12(3,13-11)8-10-6-4-5-7-17(10,14)15;/h10,13H,4-9H2,1-3H3;1H. The largest absolute Gasteiger partial charge is 0.359 e. The van der Waals surface area contributed by atoms with Gasteiger partial charge in [-0.25, -0.2) is 8.42 Å². The molecular weight excluding hydrogens is 274 g/mol. The van der Waals surface area contributed by atoms with E-state index in [9.17, 15) is 8.42 Å². The zero-order chi connectivity index (χ0) is 12.7. The molecule has 0 aliphatic carbocycles. The van der Waals surface area contributed by atoms with Gasteiger partial charge in [0.25, 0.3) is 0 Å². The van der Waals surface area contributed by atoms with E-state index in [0.29, 0.717) is 18.8 Å². The van der Waals surface area contributed by atoms with Gasteiger partial charge in [-0.15, -0.1) is 12.4 Å². The minimum atomic E-state index is -2.91. The zero-order valence-corrected chi connectivity index (χ0v) is 13.0. The van der Waals surface area contributed by atoms with E-state index in [2.05, 4.69) is 19.2 Å². The van der Waals surface area contributed by atoms with Crippen LogP contribution < -0.4 is 5.32 Å². The summed E-state index contributed by atoms with van der Waals surface area (Å²) in [5, 5.41) is 3.17. The van der Waals surface area contributed by atoms with Crippen molar-refractivity contribution in [1.29, 1.82) is 0 Å². The molecule has 2 rings (SSSR count). The maximum atomic E-state index is 12.0. The van der Waals surface area contributed by atoms with Gasteiger partial charge in [0.2, 0.25) is 0 Å². The van der Waals surface area contributed by atoms with Crippen LogP contribution in [0, 0.1) is 0 Å². The molecule has 4 nitrogen and oxygen atoms in total. The second kappa shape index (κ2) is 5.27. The van der Waals surface area contributed by atoms with Crippen LogP contribution in [0.5, 0.6) is 0 Å². The lowest BCUT2D eigenvalue weighted by Crippen LogP contribution is -2.49. The molecule has 0 amide bonds. The predicted molar refractivity (Wildman–Crippen MR) is 74.9 cm³/mol. The van der Waals surface area contributed by atoms with Crippen LogP contribution in [0.15, 0.2) is 0 Å². The number of hydrogen-bond acceptors (Lipinski definition) is 4. The van der Waals surface area contributed by atoms with Crippen molar-refractivity contribution in [3.05, 3.63) is 0 Å². The Kier molecular flexibility index (Phi) is 4.75. The van der Waals surface area contributed by atoms with Gasteiger partial charge in [0, 0.05) is 12.0 Å². The fraction of sp³-hybridized carbons (Fsp3) is 1.00. The maximum Gasteiger partial charge on any atom is 0.153 e. The summed E-state index contributed by atoms with van der Waals surface area (Å²) in [5.74, 6) is 0.344. The zero-order valence-electron chi connectivity index (χ0n) is 11.4. The molecule has 6 heteroatoms. The van der Waals surface area contributed by atoms with Gasteiger partial charge in [-0.05, 0) is 33.6 Å². The molecule has 2 unspecified atom stereocenters.